The molecule has 2 saturated heterocycles. The number of amides is 7. The van der Waals surface area contributed by atoms with Crippen molar-refractivity contribution in [3.63, 3.8) is 0 Å². The molecule has 2 fully saturated rings. The molecule has 0 saturated carbocycles. The number of aliphatic carboxylic acids is 2. The van der Waals surface area contributed by atoms with E-state index in [1.54, 1.807) is 71.3 Å². The number of guanidine groups is 1. The number of carbonyl (C=O) groups is 9. The van der Waals surface area contributed by atoms with Crippen molar-refractivity contribution in [1.29, 1.82) is 0 Å². The number of aliphatic imine (C=N–C) groups is 1. The summed E-state index contributed by atoms with van der Waals surface area (Å²) in [5.74, 6) is -9.33. The van der Waals surface area contributed by atoms with Gasteiger partial charge < -0.3 is 52.7 Å². The van der Waals surface area contributed by atoms with Crippen LogP contribution in [0, 0.1) is 6.57 Å². The Bertz CT molecular complexity index is 3130. The first-order valence-corrected chi connectivity index (χ1v) is 28.4. The molecule has 7 amide bonds. The number of hydrogen-bond acceptors (Lipinski definition) is 14. The average molecular weight is 1270 g/mol. The molecule has 1 radical (unpaired) electrons. The number of rotatable bonds is 28. The molecule has 6 rings (SSSR count). The number of carboxylic acids is 2. The molecule has 0 spiro atoms. The number of aromatic nitrogens is 1. The van der Waals surface area contributed by atoms with Crippen molar-refractivity contribution in [3.05, 3.63) is 119 Å². The number of carboxylic acid groups (broad SMARTS) is 2. The number of para-hydroxylation sites is 1. The zero-order chi connectivity index (χ0) is 63.0. The van der Waals surface area contributed by atoms with Gasteiger partial charge in [0, 0.05) is 127 Å². The second-order valence-corrected chi connectivity index (χ2v) is 21.4. The average Bonchev–Trinajstić information content (AvgIpc) is 2.93. The number of likely N-dealkylation sites (tertiary alicyclic amines) is 1. The maximum Gasteiger partial charge on any atom is 0.317 e. The maximum absolute atomic E-state index is 14.2. The van der Waals surface area contributed by atoms with Crippen molar-refractivity contribution in [3.8, 4) is 0 Å². The van der Waals surface area contributed by atoms with E-state index in [-0.39, 0.29) is 122 Å². The van der Waals surface area contributed by atoms with Crippen LogP contribution in [0.25, 0.3) is 15.7 Å². The van der Waals surface area contributed by atoms with E-state index in [2.05, 4.69) is 51.6 Å². The first-order valence-electron chi connectivity index (χ1n) is 28.4. The number of nitrogens with two attached hydrogens (primary N) is 1. The second-order valence-electron chi connectivity index (χ2n) is 21.4. The van der Waals surface area contributed by atoms with Crippen molar-refractivity contribution < 1.29 is 79.2 Å². The van der Waals surface area contributed by atoms with Gasteiger partial charge in [0.2, 0.25) is 35.4 Å². The summed E-state index contributed by atoms with van der Waals surface area (Å²) in [7, 11) is 3.42. The van der Waals surface area contributed by atoms with Gasteiger partial charge in [-0.25, -0.2) is 15.4 Å². The Hall–Kier alpha value is -8.68. The summed E-state index contributed by atoms with van der Waals surface area (Å²) < 4.78 is 27.9. The summed E-state index contributed by atoms with van der Waals surface area (Å²) in [4.78, 5) is 137. The van der Waals surface area contributed by atoms with Gasteiger partial charge in [0.15, 0.2) is 5.96 Å². The van der Waals surface area contributed by atoms with Crippen LogP contribution in [0.4, 0.5) is 14.5 Å². The van der Waals surface area contributed by atoms with Crippen LogP contribution in [0.3, 0.4) is 0 Å². The summed E-state index contributed by atoms with van der Waals surface area (Å²) in [6.45, 7) is 9.12. The molecule has 26 nitrogen and oxygen atoms in total. The Morgan fingerprint density at radius 1 is 0.750 bits per heavy atom. The fourth-order valence-electron chi connectivity index (χ4n) is 9.75. The summed E-state index contributed by atoms with van der Waals surface area (Å²) in [6, 6.07) is 20.1. The van der Waals surface area contributed by atoms with Crippen molar-refractivity contribution in [2.45, 2.75) is 75.7 Å². The first kappa shape index (κ1) is 70.1. The van der Waals surface area contributed by atoms with Crippen LogP contribution in [-0.4, -0.2) is 222 Å². The van der Waals surface area contributed by atoms with E-state index in [1.807, 2.05) is 24.3 Å². The number of pyridine rings is 1. The van der Waals surface area contributed by atoms with Gasteiger partial charge in [0.05, 0.1) is 49.4 Å². The van der Waals surface area contributed by atoms with Crippen molar-refractivity contribution in [2.24, 2.45) is 10.7 Å². The predicted octanol–water partition coefficient (Wildman–Crippen LogP) is 0.726. The van der Waals surface area contributed by atoms with Crippen molar-refractivity contribution in [2.75, 3.05) is 104 Å². The molecule has 10 N–H and O–H groups in total. The van der Waals surface area contributed by atoms with E-state index in [0.29, 0.717) is 45.8 Å². The minimum atomic E-state index is -3.23. The normalized spacial score (nSPS) is 16.2. The van der Waals surface area contributed by atoms with Crippen LogP contribution in [0.2, 0.25) is 0 Å². The Balaban J connectivity index is 0.0000141. The Morgan fingerprint density at radius 3 is 2.01 bits per heavy atom. The Kier molecular flexibility index (Phi) is 27.6. The minimum Gasteiger partial charge on any atom is -0.480 e. The van der Waals surface area contributed by atoms with Crippen LogP contribution in [0.1, 0.15) is 59.2 Å². The third kappa shape index (κ3) is 22.9. The molecule has 0 unspecified atom stereocenters. The molecular formula is C59H75CuF2N15O11. The molecule has 477 valence electrons. The fraction of sp³-hybridized carbons (Fsp3) is 0.458. The molecule has 4 aromatic rings. The van der Waals surface area contributed by atoms with Crippen LogP contribution < -0.4 is 37.6 Å². The van der Waals surface area contributed by atoms with E-state index in [9.17, 15) is 62.1 Å². The number of nitrogens with zero attached hydrogens (tertiary/aromatic N) is 8. The topological polar surface area (TPSA) is 338 Å². The van der Waals surface area contributed by atoms with Gasteiger partial charge >= 0.3 is 18.1 Å². The molecule has 2 aliphatic heterocycles. The van der Waals surface area contributed by atoms with E-state index in [0.717, 1.165) is 21.6 Å². The van der Waals surface area contributed by atoms with Gasteiger partial charge in [0.25, 0.3) is 11.8 Å². The Morgan fingerprint density at radius 2 is 1.38 bits per heavy atom. The van der Waals surface area contributed by atoms with Crippen LogP contribution in [0.15, 0.2) is 90.1 Å². The maximum atomic E-state index is 14.2. The molecule has 3 heterocycles. The number of halogens is 2. The van der Waals surface area contributed by atoms with Gasteiger partial charge in [-0.2, -0.15) is 0 Å². The van der Waals surface area contributed by atoms with Crippen molar-refractivity contribution >= 4 is 75.8 Å². The molecule has 29 heteroatoms. The van der Waals surface area contributed by atoms with Gasteiger partial charge in [0.1, 0.15) is 18.5 Å². The summed E-state index contributed by atoms with van der Waals surface area (Å²) in [6.07, 6.45) is -1.13. The van der Waals surface area contributed by atoms with Crippen LogP contribution in [0.5, 0.6) is 0 Å². The van der Waals surface area contributed by atoms with E-state index >= 15 is 0 Å². The number of carbonyl (C=O) groups excluding carboxylic acids is 7. The van der Waals surface area contributed by atoms with Gasteiger partial charge in [-0.15, -0.1) is 0 Å². The van der Waals surface area contributed by atoms with Crippen LogP contribution in [-0.2, 0) is 74.8 Å². The van der Waals surface area contributed by atoms with E-state index < -0.39 is 91.1 Å². The standard InChI is InChI=1S/C59H75F2N15O11.Cu/c1-63-47-33-59(60,61)38-76(47)51(80)34-68-55(85)43-20-22-65-54-42(43)11-7-12-44(54)69-48(77)18-19-49(78)70-45(13-8-21-67-58(62)72(2)3)57(87)71-46(31-39-9-5-4-6-10-39)56(86)66-24-23-64-50(79)32-40-14-16-41(17-15-40)35-73-25-27-74(36-52(81)82)29-30-75(28-26-73)37-53(83)84;/h4-7,9-12,14-17,20,22,45-47H,8,13,18-19,21,23-38H2,2-3H3,(H2,62,67)(H,64,79)(H,66,86)(H,68,85)(H,69,77)(H,70,78)(H,71,87)(H,81,82)(H,83,84);/t45-,46-,47-;/m0./s1/i;1+0. The zero-order valence-electron chi connectivity index (χ0n) is 48.9. The third-order valence-electron chi connectivity index (χ3n) is 14.4. The SMILES string of the molecule is [64Cu].[C-]#[N+][C@@H]1CC(F)(F)CN1C(=O)CNC(=O)c1ccnc2c(NC(=O)CCC(=O)N[C@@H](CCCN=C(N)N(C)C)C(=O)N[C@@H](Cc3ccccc3)C(=O)NCCNC(=O)Cc3ccc(CN4CCN(CC(=O)O)CCN(CC(=O)O)CC4)cc3)cccc12. The quantitative estimate of drug-likeness (QED) is 0.0124. The first-order chi connectivity index (χ1) is 41.6. The predicted molar refractivity (Wildman–Crippen MR) is 317 cm³/mol. The molecular weight excluding hydrogens is 1200 g/mol. The van der Waals surface area contributed by atoms with Gasteiger partial charge in [-0.05, 0) is 41.7 Å². The van der Waals surface area contributed by atoms with Crippen LogP contribution >= 0.6 is 0 Å². The number of fused-ring (bicyclic) bond motifs is 1. The molecule has 2 aliphatic rings. The largest absolute Gasteiger partial charge is 0.480 e. The molecule has 3 atom stereocenters. The number of anilines is 1. The fourth-order valence-corrected chi connectivity index (χ4v) is 9.75. The monoisotopic (exact) mass is 1270 g/mol. The summed E-state index contributed by atoms with van der Waals surface area (Å²) in [5, 5.41) is 35.3. The second kappa shape index (κ2) is 34.6. The molecule has 88 heavy (non-hydrogen) atoms. The summed E-state index contributed by atoms with van der Waals surface area (Å²) >= 11 is 0. The van der Waals surface area contributed by atoms with E-state index in [1.165, 1.54) is 18.3 Å². The van der Waals surface area contributed by atoms with E-state index in [4.69, 9.17) is 12.3 Å². The van der Waals surface area contributed by atoms with Gasteiger partial charge in [-0.1, -0.05) is 66.7 Å². The number of nitrogens with one attached hydrogen (secondary N) is 6. The minimum absolute atomic E-state index is 0. The smallest absolute Gasteiger partial charge is 0.317 e. The summed E-state index contributed by atoms with van der Waals surface area (Å²) in [5.41, 5.74) is 8.81. The third-order valence-corrected chi connectivity index (χ3v) is 14.4. The zero-order valence-corrected chi connectivity index (χ0v) is 49.9. The molecule has 1 aromatic heterocycles. The Labute approximate surface area is 518 Å². The number of benzene rings is 3. The van der Waals surface area contributed by atoms with Gasteiger partial charge in [-0.3, -0.25) is 77.6 Å². The molecule has 0 aliphatic carbocycles. The van der Waals surface area contributed by atoms with Crippen molar-refractivity contribution in [1.82, 2.24) is 56.1 Å². The molecule has 0 bridgehead atoms. The molecule has 3 aromatic carbocycles. The number of alkyl halides is 2. The number of hydrogen-bond donors (Lipinski definition) is 9.